The van der Waals surface area contributed by atoms with Gasteiger partial charge in [0.05, 0.1) is 10.7 Å². The van der Waals surface area contributed by atoms with Gasteiger partial charge in [0, 0.05) is 30.2 Å². The minimum atomic E-state index is 0.510. The Bertz CT molecular complexity index is 504. The third-order valence-corrected chi connectivity index (χ3v) is 5.52. The summed E-state index contributed by atoms with van der Waals surface area (Å²) in [5.41, 5.74) is 1.10. The molecule has 4 heteroatoms. The molecular formula is C17H24Cl2N2. The zero-order valence-corrected chi connectivity index (χ0v) is 14.4. The number of fused-ring (bicyclic) bond motifs is 1. The summed E-state index contributed by atoms with van der Waals surface area (Å²) >= 11 is 12.7. The first-order chi connectivity index (χ1) is 10.1. The Morgan fingerprint density at radius 2 is 1.95 bits per heavy atom. The van der Waals surface area contributed by atoms with Crippen molar-refractivity contribution in [3.05, 3.63) is 28.2 Å². The molecule has 1 aromatic carbocycles. The van der Waals surface area contributed by atoms with Crippen LogP contribution in [-0.2, 0) is 0 Å². The molecular weight excluding hydrogens is 303 g/mol. The number of hydrogen-bond acceptors (Lipinski definition) is 2. The van der Waals surface area contributed by atoms with Crippen molar-refractivity contribution in [1.29, 1.82) is 0 Å². The molecule has 2 heterocycles. The normalized spacial score (nSPS) is 27.0. The maximum Gasteiger partial charge on any atom is 0.0640 e. The Morgan fingerprint density at radius 3 is 2.71 bits per heavy atom. The summed E-state index contributed by atoms with van der Waals surface area (Å²) in [5.74, 6) is 0.600. The number of nitrogens with zero attached hydrogens (tertiary/aromatic N) is 2. The van der Waals surface area contributed by atoms with Gasteiger partial charge in [0.1, 0.15) is 0 Å². The van der Waals surface area contributed by atoms with E-state index in [1.165, 1.54) is 25.8 Å². The SMILES string of the molecule is CC(C)C1CN2CCCCC2CN1c1cc(Cl)ccc1Cl. The van der Waals surface area contributed by atoms with Gasteiger partial charge in [-0.2, -0.15) is 0 Å². The highest BCUT2D eigenvalue weighted by atomic mass is 35.5. The highest BCUT2D eigenvalue weighted by molar-refractivity contribution is 6.35. The first kappa shape index (κ1) is 15.5. The summed E-state index contributed by atoms with van der Waals surface area (Å²) in [5, 5.41) is 1.58. The average molecular weight is 327 g/mol. The monoisotopic (exact) mass is 326 g/mol. The summed E-state index contributed by atoms with van der Waals surface area (Å²) in [7, 11) is 0. The Labute approximate surface area is 138 Å². The number of piperidine rings is 1. The minimum absolute atomic E-state index is 0.510. The van der Waals surface area contributed by atoms with E-state index in [4.69, 9.17) is 23.2 Å². The molecule has 0 saturated carbocycles. The van der Waals surface area contributed by atoms with Gasteiger partial charge in [-0.15, -0.1) is 0 Å². The highest BCUT2D eigenvalue weighted by Gasteiger charge is 2.36. The third kappa shape index (κ3) is 3.18. The highest BCUT2D eigenvalue weighted by Crippen LogP contribution is 2.36. The lowest BCUT2D eigenvalue weighted by molar-refractivity contribution is 0.100. The summed E-state index contributed by atoms with van der Waals surface area (Å²) in [6.07, 6.45) is 4.00. The largest absolute Gasteiger partial charge is 0.364 e. The molecule has 2 aliphatic rings. The lowest BCUT2D eigenvalue weighted by Crippen LogP contribution is -2.61. The zero-order valence-electron chi connectivity index (χ0n) is 12.9. The summed E-state index contributed by atoms with van der Waals surface area (Å²) in [6.45, 7) is 8.08. The molecule has 2 aliphatic heterocycles. The second kappa shape index (κ2) is 6.36. The fraction of sp³-hybridized carbons (Fsp3) is 0.647. The summed E-state index contributed by atoms with van der Waals surface area (Å²) in [4.78, 5) is 5.19. The van der Waals surface area contributed by atoms with Gasteiger partial charge in [0.25, 0.3) is 0 Å². The molecule has 2 atom stereocenters. The number of piperazine rings is 1. The van der Waals surface area contributed by atoms with Crippen LogP contribution in [0.15, 0.2) is 18.2 Å². The average Bonchev–Trinajstić information content (AvgIpc) is 2.48. The molecule has 116 valence electrons. The molecule has 0 amide bonds. The predicted octanol–water partition coefficient (Wildman–Crippen LogP) is 4.69. The first-order valence-corrected chi connectivity index (χ1v) is 8.77. The molecule has 2 saturated heterocycles. The molecule has 0 aliphatic carbocycles. The number of hydrogen-bond donors (Lipinski definition) is 0. The molecule has 2 fully saturated rings. The third-order valence-electron chi connectivity index (χ3n) is 4.97. The second-order valence-corrected chi connectivity index (χ2v) is 7.55. The van der Waals surface area contributed by atoms with Crippen molar-refractivity contribution in [2.45, 2.75) is 45.2 Å². The fourth-order valence-electron chi connectivity index (χ4n) is 3.76. The van der Waals surface area contributed by atoms with Crippen molar-refractivity contribution < 1.29 is 0 Å². The maximum absolute atomic E-state index is 6.46. The Balaban J connectivity index is 1.91. The van der Waals surface area contributed by atoms with E-state index in [-0.39, 0.29) is 0 Å². The molecule has 0 radical (unpaired) electrons. The standard InChI is InChI=1S/C17H24Cl2N2/c1-12(2)17-11-20-8-4-3-5-14(20)10-21(17)16-9-13(18)6-7-15(16)19/h6-7,9,12,14,17H,3-5,8,10-11H2,1-2H3. The van der Waals surface area contributed by atoms with Crippen molar-refractivity contribution in [2.75, 3.05) is 24.5 Å². The van der Waals surface area contributed by atoms with Crippen LogP contribution in [0, 0.1) is 5.92 Å². The fourth-order valence-corrected chi connectivity index (χ4v) is 4.15. The van der Waals surface area contributed by atoms with Crippen molar-refractivity contribution in [3.63, 3.8) is 0 Å². The van der Waals surface area contributed by atoms with Gasteiger partial charge in [-0.25, -0.2) is 0 Å². The molecule has 0 aromatic heterocycles. The van der Waals surface area contributed by atoms with Crippen LogP contribution < -0.4 is 4.90 Å². The summed E-state index contributed by atoms with van der Waals surface area (Å²) in [6, 6.07) is 7.00. The molecule has 0 bridgehead atoms. The van der Waals surface area contributed by atoms with Gasteiger partial charge < -0.3 is 4.90 Å². The van der Waals surface area contributed by atoms with Crippen LogP contribution in [0.4, 0.5) is 5.69 Å². The van der Waals surface area contributed by atoms with E-state index < -0.39 is 0 Å². The lowest BCUT2D eigenvalue weighted by Gasteiger charge is -2.51. The Hall–Kier alpha value is -0.440. The van der Waals surface area contributed by atoms with Crippen molar-refractivity contribution in [3.8, 4) is 0 Å². The molecule has 2 nitrogen and oxygen atoms in total. The lowest BCUT2D eigenvalue weighted by atomic mass is 9.91. The van der Waals surface area contributed by atoms with E-state index in [1.807, 2.05) is 18.2 Å². The quantitative estimate of drug-likeness (QED) is 0.777. The van der Waals surface area contributed by atoms with Gasteiger partial charge in [0.15, 0.2) is 0 Å². The molecule has 1 aromatic rings. The van der Waals surface area contributed by atoms with Gasteiger partial charge in [-0.05, 0) is 43.5 Å². The van der Waals surface area contributed by atoms with Crippen LogP contribution in [0.25, 0.3) is 0 Å². The zero-order chi connectivity index (χ0) is 15.0. The van der Waals surface area contributed by atoms with E-state index in [2.05, 4.69) is 23.6 Å². The van der Waals surface area contributed by atoms with Crippen LogP contribution in [0.3, 0.4) is 0 Å². The number of anilines is 1. The number of rotatable bonds is 2. The minimum Gasteiger partial charge on any atom is -0.364 e. The van der Waals surface area contributed by atoms with Crippen LogP contribution in [0.1, 0.15) is 33.1 Å². The predicted molar refractivity (Wildman–Crippen MR) is 91.6 cm³/mol. The molecule has 0 spiro atoms. The molecule has 21 heavy (non-hydrogen) atoms. The molecule has 0 N–H and O–H groups in total. The van der Waals surface area contributed by atoms with Crippen molar-refractivity contribution >= 4 is 28.9 Å². The van der Waals surface area contributed by atoms with Crippen LogP contribution >= 0.6 is 23.2 Å². The number of halogens is 2. The Morgan fingerprint density at radius 1 is 1.14 bits per heavy atom. The van der Waals surface area contributed by atoms with E-state index in [1.54, 1.807) is 0 Å². The van der Waals surface area contributed by atoms with Crippen molar-refractivity contribution in [2.24, 2.45) is 5.92 Å². The van der Waals surface area contributed by atoms with E-state index >= 15 is 0 Å². The van der Waals surface area contributed by atoms with Crippen LogP contribution in [0.2, 0.25) is 10.0 Å². The van der Waals surface area contributed by atoms with E-state index in [0.29, 0.717) is 18.0 Å². The van der Waals surface area contributed by atoms with Gasteiger partial charge in [-0.3, -0.25) is 4.90 Å². The van der Waals surface area contributed by atoms with Gasteiger partial charge in [0.2, 0.25) is 0 Å². The molecule has 3 rings (SSSR count). The second-order valence-electron chi connectivity index (χ2n) is 6.70. The first-order valence-electron chi connectivity index (χ1n) is 8.02. The molecule has 2 unspecified atom stereocenters. The Kier molecular flexibility index (Phi) is 4.68. The van der Waals surface area contributed by atoms with Gasteiger partial charge >= 0.3 is 0 Å². The smallest absolute Gasteiger partial charge is 0.0640 e. The van der Waals surface area contributed by atoms with E-state index in [0.717, 1.165) is 28.8 Å². The summed E-state index contributed by atoms with van der Waals surface area (Å²) < 4.78 is 0. The van der Waals surface area contributed by atoms with Crippen molar-refractivity contribution in [1.82, 2.24) is 4.90 Å². The van der Waals surface area contributed by atoms with Crippen LogP contribution in [0.5, 0.6) is 0 Å². The number of benzene rings is 1. The van der Waals surface area contributed by atoms with E-state index in [9.17, 15) is 0 Å². The maximum atomic E-state index is 6.46. The topological polar surface area (TPSA) is 6.48 Å². The van der Waals surface area contributed by atoms with Crippen LogP contribution in [-0.4, -0.2) is 36.6 Å². The van der Waals surface area contributed by atoms with Gasteiger partial charge in [-0.1, -0.05) is 43.5 Å².